The third kappa shape index (κ3) is 4.80. The molecule has 8 heteroatoms. The lowest BCUT2D eigenvalue weighted by Gasteiger charge is -2.43. The standard InChI is InChI=1S/C25H29ClN2O5/c1-31-21-15-18(16-22(17-21)32-2)23(29)27-9-11-28(12-10-27)24(30)25(7-13-33-14-8-25)19-3-5-20(26)6-4-19/h3-6,15-17H,7-14H2,1-2H3. The first kappa shape index (κ1) is 23.4. The molecule has 2 amide bonds. The predicted molar refractivity (Wildman–Crippen MR) is 125 cm³/mol. The second-order valence-electron chi connectivity index (χ2n) is 8.39. The average Bonchev–Trinajstić information content (AvgIpc) is 2.88. The largest absolute Gasteiger partial charge is 0.497 e. The molecule has 2 fully saturated rings. The fourth-order valence-electron chi connectivity index (χ4n) is 4.64. The SMILES string of the molecule is COc1cc(OC)cc(C(=O)N2CCN(C(=O)C3(c4ccc(Cl)cc4)CCOCC3)CC2)c1. The summed E-state index contributed by atoms with van der Waals surface area (Å²) in [5, 5.41) is 0.648. The monoisotopic (exact) mass is 472 g/mol. The Bertz CT molecular complexity index is 974. The lowest BCUT2D eigenvalue weighted by Crippen LogP contribution is -2.56. The van der Waals surface area contributed by atoms with Crippen LogP contribution in [0, 0.1) is 0 Å². The van der Waals surface area contributed by atoms with Crippen molar-refractivity contribution in [1.29, 1.82) is 0 Å². The zero-order chi connectivity index (χ0) is 23.4. The number of carbonyl (C=O) groups excluding carboxylic acids is 2. The number of rotatable bonds is 5. The molecule has 0 bridgehead atoms. The molecule has 0 aliphatic carbocycles. The molecule has 2 aromatic rings. The summed E-state index contributed by atoms with van der Waals surface area (Å²) in [4.78, 5) is 30.5. The van der Waals surface area contributed by atoms with E-state index in [4.69, 9.17) is 25.8 Å². The maximum atomic E-state index is 13.8. The number of amides is 2. The first-order valence-electron chi connectivity index (χ1n) is 11.1. The molecule has 2 saturated heterocycles. The van der Waals surface area contributed by atoms with Crippen molar-refractivity contribution in [2.24, 2.45) is 0 Å². The minimum absolute atomic E-state index is 0.0993. The van der Waals surface area contributed by atoms with Crippen LogP contribution in [0.5, 0.6) is 11.5 Å². The lowest BCUT2D eigenvalue weighted by atomic mass is 9.73. The number of methoxy groups -OCH3 is 2. The van der Waals surface area contributed by atoms with E-state index >= 15 is 0 Å². The van der Waals surface area contributed by atoms with Crippen LogP contribution in [0.3, 0.4) is 0 Å². The Hall–Kier alpha value is -2.77. The van der Waals surface area contributed by atoms with Gasteiger partial charge in [-0.3, -0.25) is 9.59 Å². The van der Waals surface area contributed by atoms with Crippen molar-refractivity contribution >= 4 is 23.4 Å². The molecule has 0 radical (unpaired) electrons. The summed E-state index contributed by atoms with van der Waals surface area (Å²) < 4.78 is 16.2. The van der Waals surface area contributed by atoms with Gasteiger partial charge in [-0.25, -0.2) is 0 Å². The van der Waals surface area contributed by atoms with Crippen molar-refractivity contribution in [3.05, 3.63) is 58.6 Å². The van der Waals surface area contributed by atoms with Crippen molar-refractivity contribution in [2.45, 2.75) is 18.3 Å². The zero-order valence-electron chi connectivity index (χ0n) is 19.0. The van der Waals surface area contributed by atoms with Crippen LogP contribution in [0.1, 0.15) is 28.8 Å². The molecule has 0 unspecified atom stereocenters. The fourth-order valence-corrected chi connectivity index (χ4v) is 4.77. The number of piperazine rings is 1. The van der Waals surface area contributed by atoms with Gasteiger partial charge in [0.2, 0.25) is 5.91 Å². The Morgan fingerprint density at radius 1 is 0.879 bits per heavy atom. The number of benzene rings is 2. The quantitative estimate of drug-likeness (QED) is 0.667. The van der Waals surface area contributed by atoms with Gasteiger partial charge in [0, 0.05) is 56.0 Å². The van der Waals surface area contributed by atoms with Crippen LogP contribution >= 0.6 is 11.6 Å². The van der Waals surface area contributed by atoms with E-state index in [9.17, 15) is 9.59 Å². The van der Waals surface area contributed by atoms with Crippen molar-refractivity contribution in [2.75, 3.05) is 53.6 Å². The molecule has 0 atom stereocenters. The molecular weight excluding hydrogens is 444 g/mol. The van der Waals surface area contributed by atoms with E-state index in [1.54, 1.807) is 37.3 Å². The first-order chi connectivity index (χ1) is 16.0. The van der Waals surface area contributed by atoms with Gasteiger partial charge < -0.3 is 24.0 Å². The number of hydrogen-bond donors (Lipinski definition) is 0. The van der Waals surface area contributed by atoms with Crippen LogP contribution < -0.4 is 9.47 Å². The summed E-state index contributed by atoms with van der Waals surface area (Å²) in [6.45, 7) is 3.01. The van der Waals surface area contributed by atoms with Crippen LogP contribution in [-0.4, -0.2) is 75.2 Å². The van der Waals surface area contributed by atoms with Gasteiger partial charge in [-0.05, 0) is 42.7 Å². The molecule has 33 heavy (non-hydrogen) atoms. The Labute approximate surface area is 199 Å². The van der Waals surface area contributed by atoms with E-state index in [-0.39, 0.29) is 11.8 Å². The van der Waals surface area contributed by atoms with E-state index in [1.807, 2.05) is 29.2 Å². The van der Waals surface area contributed by atoms with Gasteiger partial charge >= 0.3 is 0 Å². The van der Waals surface area contributed by atoms with E-state index in [0.717, 1.165) is 5.56 Å². The number of ether oxygens (including phenoxy) is 3. The number of hydrogen-bond acceptors (Lipinski definition) is 5. The Morgan fingerprint density at radius 2 is 1.42 bits per heavy atom. The van der Waals surface area contributed by atoms with Gasteiger partial charge in [-0.2, -0.15) is 0 Å². The summed E-state index contributed by atoms with van der Waals surface area (Å²) in [6, 6.07) is 12.7. The van der Waals surface area contributed by atoms with Crippen molar-refractivity contribution in [1.82, 2.24) is 9.80 Å². The normalized spacial score (nSPS) is 18.0. The average molecular weight is 473 g/mol. The highest BCUT2D eigenvalue weighted by atomic mass is 35.5. The molecule has 176 valence electrons. The first-order valence-corrected chi connectivity index (χ1v) is 11.5. The molecule has 0 N–H and O–H groups in total. The number of nitrogens with zero attached hydrogens (tertiary/aromatic N) is 2. The summed E-state index contributed by atoms with van der Waals surface area (Å²) >= 11 is 6.09. The third-order valence-corrected chi connectivity index (χ3v) is 6.86. The molecule has 2 aliphatic rings. The van der Waals surface area contributed by atoms with Crippen LogP contribution in [0.4, 0.5) is 0 Å². The highest BCUT2D eigenvalue weighted by Gasteiger charge is 2.44. The topological polar surface area (TPSA) is 68.3 Å². The van der Waals surface area contributed by atoms with Gasteiger partial charge in [0.15, 0.2) is 0 Å². The lowest BCUT2D eigenvalue weighted by molar-refractivity contribution is -0.142. The molecular formula is C25H29ClN2O5. The summed E-state index contributed by atoms with van der Waals surface area (Å²) in [5.41, 5.74) is 0.866. The fraction of sp³-hybridized carbons (Fsp3) is 0.440. The Morgan fingerprint density at radius 3 is 1.97 bits per heavy atom. The number of halogens is 1. The predicted octanol–water partition coefficient (Wildman–Crippen LogP) is 3.39. The summed E-state index contributed by atoms with van der Waals surface area (Å²) in [5.74, 6) is 1.13. The molecule has 7 nitrogen and oxygen atoms in total. The smallest absolute Gasteiger partial charge is 0.254 e. The summed E-state index contributed by atoms with van der Waals surface area (Å²) in [6.07, 6.45) is 1.27. The number of carbonyl (C=O) groups is 2. The summed E-state index contributed by atoms with van der Waals surface area (Å²) in [7, 11) is 3.11. The van der Waals surface area contributed by atoms with Crippen molar-refractivity contribution in [3.8, 4) is 11.5 Å². The van der Waals surface area contributed by atoms with Gasteiger partial charge in [-0.1, -0.05) is 23.7 Å². The van der Waals surface area contributed by atoms with E-state index < -0.39 is 5.41 Å². The molecule has 4 rings (SSSR count). The van der Waals surface area contributed by atoms with Gasteiger partial charge in [-0.15, -0.1) is 0 Å². The molecule has 2 aliphatic heterocycles. The van der Waals surface area contributed by atoms with Gasteiger partial charge in [0.05, 0.1) is 19.6 Å². The zero-order valence-corrected chi connectivity index (χ0v) is 19.8. The molecule has 0 spiro atoms. The highest BCUT2D eigenvalue weighted by Crippen LogP contribution is 2.37. The van der Waals surface area contributed by atoms with Crippen LogP contribution in [-0.2, 0) is 14.9 Å². The second-order valence-corrected chi connectivity index (χ2v) is 8.82. The third-order valence-electron chi connectivity index (χ3n) is 6.61. The molecule has 2 heterocycles. The van der Waals surface area contributed by atoms with Crippen LogP contribution in [0.15, 0.2) is 42.5 Å². The minimum atomic E-state index is -0.616. The van der Waals surface area contributed by atoms with Crippen molar-refractivity contribution in [3.63, 3.8) is 0 Å². The van der Waals surface area contributed by atoms with E-state index in [1.165, 1.54) is 0 Å². The van der Waals surface area contributed by atoms with Crippen LogP contribution in [0.2, 0.25) is 5.02 Å². The molecule has 0 saturated carbocycles. The van der Waals surface area contributed by atoms with Crippen molar-refractivity contribution < 1.29 is 23.8 Å². The second kappa shape index (κ2) is 10.0. The van der Waals surface area contributed by atoms with Gasteiger partial charge in [0.1, 0.15) is 11.5 Å². The van der Waals surface area contributed by atoms with E-state index in [0.29, 0.717) is 74.3 Å². The maximum Gasteiger partial charge on any atom is 0.254 e. The molecule has 0 aromatic heterocycles. The Balaban J connectivity index is 1.48. The van der Waals surface area contributed by atoms with Gasteiger partial charge in [0.25, 0.3) is 5.91 Å². The Kier molecular flexibility index (Phi) is 7.10. The highest BCUT2D eigenvalue weighted by molar-refractivity contribution is 6.30. The van der Waals surface area contributed by atoms with Crippen LogP contribution in [0.25, 0.3) is 0 Å². The minimum Gasteiger partial charge on any atom is -0.497 e. The maximum absolute atomic E-state index is 13.8. The molecule has 2 aromatic carbocycles. The van der Waals surface area contributed by atoms with E-state index in [2.05, 4.69) is 0 Å².